The van der Waals surface area contributed by atoms with Crippen molar-refractivity contribution < 1.29 is 0 Å². The van der Waals surface area contributed by atoms with Crippen LogP contribution < -0.4 is 0 Å². The molecule has 1 N–H and O–H groups in total. The minimum atomic E-state index is -0.0747. The van der Waals surface area contributed by atoms with Gasteiger partial charge in [-0.1, -0.05) is 41.5 Å². The number of nitrogens with one attached hydrogen (secondary N) is 1. The normalized spacial score (nSPS) is 10.1. The SMILES string of the molecule is CC.CC(C)C.CCN(C)C(C)(C)C=N. The van der Waals surface area contributed by atoms with Crippen molar-refractivity contribution in [1.29, 1.82) is 5.41 Å². The van der Waals surface area contributed by atoms with E-state index in [-0.39, 0.29) is 5.54 Å². The summed E-state index contributed by atoms with van der Waals surface area (Å²) >= 11 is 0. The summed E-state index contributed by atoms with van der Waals surface area (Å²) in [6.45, 7) is 17.6. The van der Waals surface area contributed by atoms with Crippen LogP contribution in [-0.2, 0) is 0 Å². The second-order valence-corrected chi connectivity index (χ2v) is 4.54. The van der Waals surface area contributed by atoms with Gasteiger partial charge in [0.15, 0.2) is 0 Å². The molecule has 0 heterocycles. The summed E-state index contributed by atoms with van der Waals surface area (Å²) < 4.78 is 0. The zero-order valence-electron chi connectivity index (χ0n) is 12.3. The van der Waals surface area contributed by atoms with Crippen LogP contribution >= 0.6 is 0 Å². The first kappa shape index (κ1) is 20.1. The Kier molecular flexibility index (Phi) is 15.7. The Labute approximate surface area is 97.6 Å². The molecule has 0 aromatic rings. The molecule has 94 valence electrons. The Hall–Kier alpha value is -0.370. The molecule has 0 aromatic carbocycles. The van der Waals surface area contributed by atoms with E-state index in [9.17, 15) is 0 Å². The molecule has 2 nitrogen and oxygen atoms in total. The predicted molar refractivity (Wildman–Crippen MR) is 73.0 cm³/mol. The molecule has 0 aliphatic heterocycles. The summed E-state index contributed by atoms with van der Waals surface area (Å²) in [7, 11) is 2.02. The first-order valence-corrected chi connectivity index (χ1v) is 6.00. The summed E-state index contributed by atoms with van der Waals surface area (Å²) in [5, 5.41) is 7.07. The molecule has 0 rings (SSSR count). The second-order valence-electron chi connectivity index (χ2n) is 4.54. The zero-order chi connectivity index (χ0) is 13.1. The lowest BCUT2D eigenvalue weighted by Gasteiger charge is -2.30. The summed E-state index contributed by atoms with van der Waals surface area (Å²) in [5.74, 6) is 0.833. The van der Waals surface area contributed by atoms with Gasteiger partial charge < -0.3 is 5.41 Å². The van der Waals surface area contributed by atoms with Crippen molar-refractivity contribution in [2.24, 2.45) is 5.92 Å². The highest BCUT2D eigenvalue weighted by atomic mass is 15.2. The van der Waals surface area contributed by atoms with Crippen LogP contribution in [-0.4, -0.2) is 30.2 Å². The van der Waals surface area contributed by atoms with Gasteiger partial charge in [-0.05, 0) is 33.4 Å². The van der Waals surface area contributed by atoms with Crippen LogP contribution in [0.25, 0.3) is 0 Å². The standard InChI is InChI=1S/C7H16N2.C4H10.C2H6/c1-5-9(4)7(2,3)6-8;1-4(2)3;1-2/h6,8H,5H2,1-4H3;4H,1-3H3;1-2H3. The first-order chi connectivity index (χ1) is 6.77. The molecule has 0 aliphatic rings. The van der Waals surface area contributed by atoms with Gasteiger partial charge >= 0.3 is 0 Å². The highest BCUT2D eigenvalue weighted by Crippen LogP contribution is 2.06. The minimum absolute atomic E-state index is 0.0747. The lowest BCUT2D eigenvalue weighted by Crippen LogP contribution is -2.41. The maximum absolute atomic E-state index is 7.07. The van der Waals surface area contributed by atoms with Crippen LogP contribution in [0.5, 0.6) is 0 Å². The lowest BCUT2D eigenvalue weighted by molar-refractivity contribution is 0.239. The highest BCUT2D eigenvalue weighted by molar-refractivity contribution is 5.65. The van der Waals surface area contributed by atoms with E-state index in [0.29, 0.717) is 0 Å². The molecule has 0 bridgehead atoms. The molecule has 0 saturated carbocycles. The van der Waals surface area contributed by atoms with E-state index in [4.69, 9.17) is 5.41 Å². The fraction of sp³-hybridized carbons (Fsp3) is 0.923. The van der Waals surface area contributed by atoms with E-state index in [1.54, 1.807) is 0 Å². The van der Waals surface area contributed by atoms with Crippen molar-refractivity contribution in [2.75, 3.05) is 13.6 Å². The first-order valence-electron chi connectivity index (χ1n) is 6.00. The fourth-order valence-corrected chi connectivity index (χ4v) is 0.518. The van der Waals surface area contributed by atoms with Gasteiger partial charge in [-0.2, -0.15) is 0 Å². The maximum atomic E-state index is 7.07. The molecule has 2 heteroatoms. The van der Waals surface area contributed by atoms with Crippen LogP contribution in [0, 0.1) is 11.3 Å². The van der Waals surface area contributed by atoms with Crippen molar-refractivity contribution in [3.63, 3.8) is 0 Å². The van der Waals surface area contributed by atoms with Crippen molar-refractivity contribution in [3.8, 4) is 0 Å². The van der Waals surface area contributed by atoms with E-state index in [1.807, 2.05) is 34.7 Å². The average Bonchev–Trinajstić information content (AvgIpc) is 2.18. The van der Waals surface area contributed by atoms with Gasteiger partial charge in [0.2, 0.25) is 0 Å². The van der Waals surface area contributed by atoms with Gasteiger partial charge in [0.05, 0.1) is 0 Å². The molecule has 0 fully saturated rings. The van der Waals surface area contributed by atoms with E-state index in [2.05, 4.69) is 32.6 Å². The van der Waals surface area contributed by atoms with Crippen molar-refractivity contribution in [1.82, 2.24) is 4.90 Å². The topological polar surface area (TPSA) is 27.1 Å². The number of nitrogens with zero attached hydrogens (tertiary/aromatic N) is 1. The molecule has 0 amide bonds. The smallest absolute Gasteiger partial charge is 0.0496 e. The van der Waals surface area contributed by atoms with E-state index >= 15 is 0 Å². The Bertz CT molecular complexity index is 126. The average molecular weight is 216 g/mol. The van der Waals surface area contributed by atoms with Gasteiger partial charge in [-0.25, -0.2) is 0 Å². The lowest BCUT2D eigenvalue weighted by atomic mass is 10.1. The van der Waals surface area contributed by atoms with Crippen molar-refractivity contribution >= 4 is 6.21 Å². The third kappa shape index (κ3) is 16.3. The molecule has 0 radical (unpaired) electrons. The molecule has 15 heavy (non-hydrogen) atoms. The summed E-state index contributed by atoms with van der Waals surface area (Å²) in [4.78, 5) is 2.12. The zero-order valence-corrected chi connectivity index (χ0v) is 12.3. The van der Waals surface area contributed by atoms with E-state index < -0.39 is 0 Å². The minimum Gasteiger partial charge on any atom is -0.311 e. The van der Waals surface area contributed by atoms with Crippen LogP contribution in [0.3, 0.4) is 0 Å². The van der Waals surface area contributed by atoms with Gasteiger partial charge in [0.25, 0.3) is 0 Å². The van der Waals surface area contributed by atoms with Gasteiger partial charge in [-0.3, -0.25) is 4.90 Å². The quantitative estimate of drug-likeness (QED) is 0.708. The van der Waals surface area contributed by atoms with Crippen LogP contribution in [0.15, 0.2) is 0 Å². The second kappa shape index (κ2) is 11.7. The predicted octanol–water partition coefficient (Wildman–Crippen LogP) is 4.05. The summed E-state index contributed by atoms with van der Waals surface area (Å²) in [6, 6.07) is 0. The third-order valence-electron chi connectivity index (χ3n) is 1.81. The Morgan fingerprint density at radius 1 is 1.20 bits per heavy atom. The highest BCUT2D eigenvalue weighted by Gasteiger charge is 2.17. The third-order valence-corrected chi connectivity index (χ3v) is 1.81. The van der Waals surface area contributed by atoms with Crippen LogP contribution in [0.1, 0.15) is 55.4 Å². The van der Waals surface area contributed by atoms with E-state index in [0.717, 1.165) is 12.5 Å². The van der Waals surface area contributed by atoms with Crippen LogP contribution in [0.2, 0.25) is 0 Å². The number of hydrogen-bond donors (Lipinski definition) is 1. The van der Waals surface area contributed by atoms with Crippen molar-refractivity contribution in [2.45, 2.75) is 60.9 Å². The molecular weight excluding hydrogens is 184 g/mol. The Morgan fingerprint density at radius 2 is 1.47 bits per heavy atom. The molecular formula is C13H32N2. The molecule has 0 aromatic heterocycles. The van der Waals surface area contributed by atoms with Gasteiger partial charge in [0.1, 0.15) is 0 Å². The Balaban J connectivity index is -0.000000202. The van der Waals surface area contributed by atoms with Gasteiger partial charge in [-0.15, -0.1) is 0 Å². The van der Waals surface area contributed by atoms with E-state index in [1.165, 1.54) is 6.21 Å². The number of hydrogen-bond acceptors (Lipinski definition) is 2. The van der Waals surface area contributed by atoms with Crippen LogP contribution in [0.4, 0.5) is 0 Å². The Morgan fingerprint density at radius 3 is 1.53 bits per heavy atom. The molecule has 0 unspecified atom stereocenters. The fourth-order valence-electron chi connectivity index (χ4n) is 0.518. The molecule has 0 saturated heterocycles. The summed E-state index contributed by atoms with van der Waals surface area (Å²) in [5.41, 5.74) is -0.0747. The summed E-state index contributed by atoms with van der Waals surface area (Å²) in [6.07, 6.45) is 1.47. The monoisotopic (exact) mass is 216 g/mol. The molecule has 0 aliphatic carbocycles. The van der Waals surface area contributed by atoms with Gasteiger partial charge in [0, 0.05) is 11.8 Å². The van der Waals surface area contributed by atoms with Crippen molar-refractivity contribution in [3.05, 3.63) is 0 Å². The number of rotatable bonds is 3. The molecule has 0 atom stereocenters. The largest absolute Gasteiger partial charge is 0.311 e. The maximum Gasteiger partial charge on any atom is 0.0496 e. The molecule has 0 spiro atoms.